The second-order valence-electron chi connectivity index (χ2n) is 5.04. The van der Waals surface area contributed by atoms with Crippen molar-refractivity contribution in [3.8, 4) is 0 Å². The van der Waals surface area contributed by atoms with Crippen molar-refractivity contribution < 1.29 is 19.1 Å². The van der Waals surface area contributed by atoms with Gasteiger partial charge < -0.3 is 9.47 Å². The third kappa shape index (κ3) is 3.88. The van der Waals surface area contributed by atoms with E-state index in [0.29, 0.717) is 18.6 Å². The van der Waals surface area contributed by atoms with Crippen LogP contribution in [-0.4, -0.2) is 24.1 Å². The third-order valence-corrected chi connectivity index (χ3v) is 2.40. The normalized spacial score (nSPS) is 19.8. The first-order valence-electron chi connectivity index (χ1n) is 5.95. The zero-order valence-electron chi connectivity index (χ0n) is 10.9. The van der Waals surface area contributed by atoms with E-state index in [4.69, 9.17) is 9.47 Å². The molecule has 0 spiro atoms. The maximum atomic E-state index is 11.9. The van der Waals surface area contributed by atoms with Crippen molar-refractivity contribution in [3.63, 3.8) is 0 Å². The topological polar surface area (TPSA) is 52.6 Å². The minimum atomic E-state index is -0.542. The van der Waals surface area contributed by atoms with Crippen LogP contribution in [0.4, 0.5) is 0 Å². The molecule has 0 fully saturated rings. The van der Waals surface area contributed by atoms with E-state index in [1.807, 2.05) is 0 Å². The fraction of sp³-hybridized carbons (Fsp3) is 0.692. The highest BCUT2D eigenvalue weighted by atomic mass is 16.6. The summed E-state index contributed by atoms with van der Waals surface area (Å²) in [5.74, 6) is -1.19. The lowest BCUT2D eigenvalue weighted by Crippen LogP contribution is -2.28. The fourth-order valence-electron chi connectivity index (χ4n) is 1.75. The van der Waals surface area contributed by atoms with Gasteiger partial charge in [0.05, 0.1) is 12.5 Å². The Kier molecular flexibility index (Phi) is 4.32. The Morgan fingerprint density at radius 3 is 2.59 bits per heavy atom. The summed E-state index contributed by atoms with van der Waals surface area (Å²) in [5.41, 5.74) is -0.0990. The van der Waals surface area contributed by atoms with Crippen molar-refractivity contribution in [2.45, 2.75) is 46.1 Å². The van der Waals surface area contributed by atoms with Gasteiger partial charge >= 0.3 is 11.9 Å². The average Bonchev–Trinajstić information content (AvgIpc) is 2.63. The summed E-state index contributed by atoms with van der Waals surface area (Å²) in [5, 5.41) is 0. The van der Waals surface area contributed by atoms with E-state index in [9.17, 15) is 9.59 Å². The smallest absolute Gasteiger partial charge is 0.335 e. The van der Waals surface area contributed by atoms with Crippen molar-refractivity contribution in [1.82, 2.24) is 0 Å². The summed E-state index contributed by atoms with van der Waals surface area (Å²) < 4.78 is 10.2. The Hall–Kier alpha value is -1.32. The Balaban J connectivity index is 2.69. The standard InChI is InChI=1S/C13H20O4/c1-5-16-11(14)9-7-6-8-10(9)12(15)17-13(2,3)4/h8-9H,5-7H2,1-4H3/t9-/m1/s1. The van der Waals surface area contributed by atoms with Gasteiger partial charge in [-0.2, -0.15) is 0 Å². The first kappa shape index (κ1) is 13.7. The number of ether oxygens (including phenoxy) is 2. The molecule has 0 heterocycles. The lowest BCUT2D eigenvalue weighted by Gasteiger charge is -2.21. The van der Waals surface area contributed by atoms with Crippen LogP contribution in [0.3, 0.4) is 0 Å². The quantitative estimate of drug-likeness (QED) is 0.710. The van der Waals surface area contributed by atoms with Gasteiger partial charge in [0, 0.05) is 5.57 Å². The zero-order valence-corrected chi connectivity index (χ0v) is 10.9. The molecule has 0 unspecified atom stereocenters. The van der Waals surface area contributed by atoms with Crippen molar-refractivity contribution in [3.05, 3.63) is 11.6 Å². The van der Waals surface area contributed by atoms with Crippen LogP contribution in [0.1, 0.15) is 40.5 Å². The predicted molar refractivity (Wildman–Crippen MR) is 63.3 cm³/mol. The van der Waals surface area contributed by atoms with Gasteiger partial charge in [-0.15, -0.1) is 0 Å². The Bertz CT molecular complexity index is 336. The number of carbonyl (C=O) groups is 2. The van der Waals surface area contributed by atoms with Gasteiger partial charge in [0.1, 0.15) is 5.60 Å². The summed E-state index contributed by atoms with van der Waals surface area (Å²) >= 11 is 0. The largest absolute Gasteiger partial charge is 0.466 e. The predicted octanol–water partition coefficient (Wildman–Crippen LogP) is 2.23. The van der Waals surface area contributed by atoms with Crippen molar-refractivity contribution in [1.29, 1.82) is 0 Å². The second-order valence-corrected chi connectivity index (χ2v) is 5.04. The van der Waals surface area contributed by atoms with Crippen LogP contribution in [-0.2, 0) is 19.1 Å². The Morgan fingerprint density at radius 1 is 1.41 bits per heavy atom. The number of allylic oxidation sites excluding steroid dienone is 1. The highest BCUT2D eigenvalue weighted by molar-refractivity contribution is 5.96. The van der Waals surface area contributed by atoms with Gasteiger partial charge in [0.15, 0.2) is 0 Å². The first-order chi connectivity index (χ1) is 7.85. The van der Waals surface area contributed by atoms with Crippen LogP contribution >= 0.6 is 0 Å². The molecule has 0 aromatic heterocycles. The summed E-state index contributed by atoms with van der Waals surface area (Å²) in [6.07, 6.45) is 3.13. The minimum Gasteiger partial charge on any atom is -0.466 e. The zero-order chi connectivity index (χ0) is 13.1. The van der Waals surface area contributed by atoms with E-state index in [0.717, 1.165) is 6.42 Å². The van der Waals surface area contributed by atoms with Crippen LogP contribution in [0.2, 0.25) is 0 Å². The Morgan fingerprint density at radius 2 is 2.06 bits per heavy atom. The van der Waals surface area contributed by atoms with Gasteiger partial charge in [-0.3, -0.25) is 4.79 Å². The van der Waals surface area contributed by atoms with E-state index in [1.165, 1.54) is 0 Å². The molecular formula is C13H20O4. The number of hydrogen-bond acceptors (Lipinski definition) is 4. The van der Waals surface area contributed by atoms with E-state index < -0.39 is 17.5 Å². The van der Waals surface area contributed by atoms with Crippen LogP contribution in [0.25, 0.3) is 0 Å². The molecule has 0 N–H and O–H groups in total. The SMILES string of the molecule is CCOC(=O)[C@@H]1CCC=C1C(=O)OC(C)(C)C. The van der Waals surface area contributed by atoms with E-state index in [-0.39, 0.29) is 5.97 Å². The average molecular weight is 240 g/mol. The fourth-order valence-corrected chi connectivity index (χ4v) is 1.75. The van der Waals surface area contributed by atoms with E-state index in [1.54, 1.807) is 33.8 Å². The molecule has 0 aromatic carbocycles. The highest BCUT2D eigenvalue weighted by Gasteiger charge is 2.34. The van der Waals surface area contributed by atoms with Gasteiger partial charge in [0.25, 0.3) is 0 Å². The number of esters is 2. The number of carbonyl (C=O) groups excluding carboxylic acids is 2. The first-order valence-corrected chi connectivity index (χ1v) is 5.95. The molecule has 4 heteroatoms. The number of hydrogen-bond donors (Lipinski definition) is 0. The van der Waals surface area contributed by atoms with Crippen LogP contribution in [0.5, 0.6) is 0 Å². The molecule has 0 aliphatic heterocycles. The van der Waals surface area contributed by atoms with Crippen LogP contribution in [0.15, 0.2) is 11.6 Å². The van der Waals surface area contributed by atoms with Gasteiger partial charge in [-0.1, -0.05) is 6.08 Å². The summed E-state index contributed by atoms with van der Waals surface area (Å²) in [4.78, 5) is 23.5. The van der Waals surface area contributed by atoms with Gasteiger partial charge in [0.2, 0.25) is 0 Å². The third-order valence-electron chi connectivity index (χ3n) is 2.40. The van der Waals surface area contributed by atoms with Crippen LogP contribution in [0, 0.1) is 5.92 Å². The van der Waals surface area contributed by atoms with Crippen molar-refractivity contribution in [2.24, 2.45) is 5.92 Å². The maximum Gasteiger partial charge on any atom is 0.335 e. The molecule has 1 rings (SSSR count). The van der Waals surface area contributed by atoms with Crippen molar-refractivity contribution in [2.75, 3.05) is 6.61 Å². The molecule has 96 valence electrons. The van der Waals surface area contributed by atoms with E-state index >= 15 is 0 Å². The molecule has 0 aromatic rings. The molecule has 1 aliphatic rings. The number of rotatable bonds is 3. The summed E-state index contributed by atoms with van der Waals surface area (Å²) in [6.45, 7) is 7.50. The van der Waals surface area contributed by atoms with Gasteiger partial charge in [-0.25, -0.2) is 4.79 Å². The Labute approximate surface area is 102 Å². The van der Waals surface area contributed by atoms with Crippen molar-refractivity contribution >= 4 is 11.9 Å². The summed E-state index contributed by atoms with van der Waals surface area (Å²) in [6, 6.07) is 0. The van der Waals surface area contributed by atoms with E-state index in [2.05, 4.69) is 0 Å². The minimum absolute atomic E-state index is 0.330. The van der Waals surface area contributed by atoms with Gasteiger partial charge in [-0.05, 0) is 40.5 Å². The molecule has 0 radical (unpaired) electrons. The summed E-state index contributed by atoms with van der Waals surface area (Å²) in [7, 11) is 0. The lowest BCUT2D eigenvalue weighted by atomic mass is 10.0. The highest BCUT2D eigenvalue weighted by Crippen LogP contribution is 2.29. The molecule has 1 aliphatic carbocycles. The second kappa shape index (κ2) is 5.34. The molecule has 0 saturated carbocycles. The molecule has 0 saturated heterocycles. The molecule has 1 atom stereocenters. The molecule has 0 amide bonds. The molecule has 0 bridgehead atoms. The monoisotopic (exact) mass is 240 g/mol. The van der Waals surface area contributed by atoms with Crippen LogP contribution < -0.4 is 0 Å². The maximum absolute atomic E-state index is 11.9. The molecule has 4 nitrogen and oxygen atoms in total. The molecule has 17 heavy (non-hydrogen) atoms. The molecular weight excluding hydrogens is 220 g/mol. The lowest BCUT2D eigenvalue weighted by molar-refractivity contribution is -0.155.